The molecule has 0 saturated heterocycles. The fourth-order valence-corrected chi connectivity index (χ4v) is 2.99. The van der Waals surface area contributed by atoms with Gasteiger partial charge < -0.3 is 14.5 Å². The van der Waals surface area contributed by atoms with E-state index in [-0.39, 0.29) is 18.5 Å². The second-order valence-corrected chi connectivity index (χ2v) is 6.44. The number of nitrogens with zero attached hydrogens (tertiary/aromatic N) is 3. The summed E-state index contributed by atoms with van der Waals surface area (Å²) in [5.41, 5.74) is 2.59. The molecule has 2 aromatic heterocycles. The summed E-state index contributed by atoms with van der Waals surface area (Å²) in [7, 11) is 0. The van der Waals surface area contributed by atoms with Crippen molar-refractivity contribution in [1.29, 1.82) is 0 Å². The van der Waals surface area contributed by atoms with Crippen LogP contribution in [0.1, 0.15) is 11.4 Å². The molecule has 0 saturated carbocycles. The molecule has 0 unspecified atom stereocenters. The fraction of sp³-hybridized carbons (Fsp3) is 0.143. The normalized spacial score (nSPS) is 10.8. The van der Waals surface area contributed by atoms with Crippen molar-refractivity contribution >= 4 is 22.7 Å². The van der Waals surface area contributed by atoms with E-state index in [9.17, 15) is 9.59 Å². The van der Waals surface area contributed by atoms with Gasteiger partial charge in [0.05, 0.1) is 22.6 Å². The lowest BCUT2D eigenvalue weighted by atomic mass is 10.2. The Morgan fingerprint density at radius 1 is 1.03 bits per heavy atom. The summed E-state index contributed by atoms with van der Waals surface area (Å²) in [6.45, 7) is 3.32. The van der Waals surface area contributed by atoms with Crippen LogP contribution < -0.4 is 15.8 Å². The fourth-order valence-electron chi connectivity index (χ4n) is 2.99. The predicted molar refractivity (Wildman–Crippen MR) is 107 cm³/mol. The third kappa shape index (κ3) is 3.86. The highest BCUT2D eigenvalue weighted by Gasteiger charge is 2.16. The average molecular weight is 390 g/mol. The maximum atomic E-state index is 12.6. The molecule has 0 fully saturated rings. The van der Waals surface area contributed by atoms with Gasteiger partial charge in [-0.05, 0) is 38.1 Å². The Bertz CT molecular complexity index is 1220. The number of anilines is 1. The molecule has 2 aromatic carbocycles. The van der Waals surface area contributed by atoms with Gasteiger partial charge >= 0.3 is 11.8 Å². The minimum absolute atomic E-state index is 0.184. The lowest BCUT2D eigenvalue weighted by Crippen LogP contribution is -2.25. The molecular weight excluding hydrogens is 372 g/mol. The molecule has 1 N–H and O–H groups in total. The number of carbonyl (C=O) groups excluding carboxylic acids is 1. The van der Waals surface area contributed by atoms with E-state index in [1.165, 1.54) is 4.57 Å². The van der Waals surface area contributed by atoms with Gasteiger partial charge in [-0.15, -0.1) is 0 Å². The van der Waals surface area contributed by atoms with Crippen LogP contribution in [-0.2, 0) is 11.3 Å². The molecular formula is C21H18N4O4. The Hall–Kier alpha value is -3.94. The molecule has 29 heavy (non-hydrogen) atoms. The standard InChI is InChI=1S/C21H18N4O4/c1-13-19(14(2)23-20(22-13)28-15-8-4-3-5-9-15)24-18(26)12-25-16-10-6-7-11-17(16)29-21(25)27/h3-11H,12H2,1-2H3,(H,24,26). The second kappa shape index (κ2) is 7.59. The molecule has 8 heteroatoms. The van der Waals surface area contributed by atoms with Crippen LogP contribution in [0.25, 0.3) is 11.1 Å². The molecule has 146 valence electrons. The molecule has 0 aliphatic carbocycles. The minimum atomic E-state index is -0.586. The van der Waals surface area contributed by atoms with E-state index in [1.807, 2.05) is 18.2 Å². The Balaban J connectivity index is 1.53. The zero-order valence-corrected chi connectivity index (χ0v) is 15.9. The van der Waals surface area contributed by atoms with Crippen LogP contribution in [0.15, 0.2) is 63.8 Å². The summed E-state index contributed by atoms with van der Waals surface area (Å²) < 4.78 is 12.1. The van der Waals surface area contributed by atoms with E-state index in [0.717, 1.165) is 0 Å². The van der Waals surface area contributed by atoms with E-state index < -0.39 is 5.76 Å². The molecule has 4 rings (SSSR count). The Morgan fingerprint density at radius 3 is 2.41 bits per heavy atom. The summed E-state index contributed by atoms with van der Waals surface area (Å²) in [5.74, 6) is -0.350. The van der Waals surface area contributed by atoms with Crippen molar-refractivity contribution < 1.29 is 13.9 Å². The van der Waals surface area contributed by atoms with Crippen molar-refractivity contribution in [1.82, 2.24) is 14.5 Å². The first-order valence-corrected chi connectivity index (χ1v) is 8.97. The van der Waals surface area contributed by atoms with Gasteiger partial charge in [0, 0.05) is 0 Å². The first-order chi connectivity index (χ1) is 14.0. The van der Waals surface area contributed by atoms with Crippen molar-refractivity contribution in [2.24, 2.45) is 0 Å². The van der Waals surface area contributed by atoms with Gasteiger partial charge in [-0.2, -0.15) is 9.97 Å². The number of aryl methyl sites for hydroxylation is 2. The van der Waals surface area contributed by atoms with Crippen molar-refractivity contribution in [3.05, 3.63) is 76.5 Å². The Kier molecular flexibility index (Phi) is 4.82. The van der Waals surface area contributed by atoms with Crippen molar-refractivity contribution in [2.75, 3.05) is 5.32 Å². The summed E-state index contributed by atoms with van der Waals surface area (Å²) in [5, 5.41) is 2.78. The topological polar surface area (TPSA) is 99.3 Å². The molecule has 8 nitrogen and oxygen atoms in total. The monoisotopic (exact) mass is 390 g/mol. The van der Waals surface area contributed by atoms with Crippen LogP contribution in [0.3, 0.4) is 0 Å². The van der Waals surface area contributed by atoms with E-state index >= 15 is 0 Å². The van der Waals surface area contributed by atoms with E-state index in [2.05, 4.69) is 15.3 Å². The summed E-state index contributed by atoms with van der Waals surface area (Å²) in [6.07, 6.45) is 0. The highest BCUT2D eigenvalue weighted by Crippen LogP contribution is 2.23. The smallest absolute Gasteiger partial charge is 0.420 e. The number of nitrogens with one attached hydrogen (secondary N) is 1. The second-order valence-electron chi connectivity index (χ2n) is 6.44. The van der Waals surface area contributed by atoms with Gasteiger partial charge in [0.2, 0.25) is 5.91 Å². The van der Waals surface area contributed by atoms with Crippen molar-refractivity contribution in [2.45, 2.75) is 20.4 Å². The van der Waals surface area contributed by atoms with Crippen LogP contribution in [0.2, 0.25) is 0 Å². The number of amides is 1. The summed E-state index contributed by atoms with van der Waals surface area (Å²) in [6, 6.07) is 16.3. The van der Waals surface area contributed by atoms with Gasteiger partial charge in [0.15, 0.2) is 5.58 Å². The highest BCUT2D eigenvalue weighted by molar-refractivity contribution is 5.92. The molecule has 0 spiro atoms. The van der Waals surface area contributed by atoms with Crippen molar-refractivity contribution in [3.63, 3.8) is 0 Å². The SMILES string of the molecule is Cc1nc(Oc2ccccc2)nc(C)c1NC(=O)Cn1c(=O)oc2ccccc21. The molecule has 0 radical (unpaired) electrons. The number of benzene rings is 2. The number of oxazole rings is 1. The molecule has 1 amide bonds. The van der Waals surface area contributed by atoms with Crippen LogP contribution in [0.4, 0.5) is 5.69 Å². The van der Waals surface area contributed by atoms with Gasteiger partial charge in [-0.25, -0.2) is 4.79 Å². The molecule has 0 atom stereocenters. The van der Waals surface area contributed by atoms with Gasteiger partial charge in [-0.3, -0.25) is 9.36 Å². The molecule has 4 aromatic rings. The summed E-state index contributed by atoms with van der Waals surface area (Å²) >= 11 is 0. The Morgan fingerprint density at radius 2 is 1.69 bits per heavy atom. The zero-order valence-electron chi connectivity index (χ0n) is 15.9. The maximum Gasteiger partial charge on any atom is 0.420 e. The third-order valence-corrected chi connectivity index (χ3v) is 4.34. The largest absolute Gasteiger partial charge is 0.424 e. The van der Waals surface area contributed by atoms with E-state index in [4.69, 9.17) is 9.15 Å². The Labute approximate surface area is 165 Å². The highest BCUT2D eigenvalue weighted by atomic mass is 16.5. The lowest BCUT2D eigenvalue weighted by Gasteiger charge is -2.12. The average Bonchev–Trinajstić information content (AvgIpc) is 3.01. The third-order valence-electron chi connectivity index (χ3n) is 4.34. The van der Waals surface area contributed by atoms with Crippen LogP contribution in [-0.4, -0.2) is 20.4 Å². The minimum Gasteiger partial charge on any atom is -0.424 e. The lowest BCUT2D eigenvalue weighted by molar-refractivity contribution is -0.116. The van der Waals surface area contributed by atoms with Gasteiger partial charge in [0.1, 0.15) is 12.3 Å². The van der Waals surface area contributed by atoms with Crippen LogP contribution >= 0.6 is 0 Å². The van der Waals surface area contributed by atoms with Gasteiger partial charge in [-0.1, -0.05) is 30.3 Å². The number of hydrogen-bond acceptors (Lipinski definition) is 6. The number of fused-ring (bicyclic) bond motifs is 1. The first-order valence-electron chi connectivity index (χ1n) is 8.97. The zero-order chi connectivity index (χ0) is 20.4. The number of aromatic nitrogens is 3. The quantitative estimate of drug-likeness (QED) is 0.560. The number of para-hydroxylation sites is 3. The first kappa shape index (κ1) is 18.4. The predicted octanol–water partition coefficient (Wildman–Crippen LogP) is 3.43. The molecule has 0 aliphatic heterocycles. The number of carbonyl (C=O) groups is 1. The van der Waals surface area contributed by atoms with E-state index in [0.29, 0.717) is 33.9 Å². The van der Waals surface area contributed by atoms with Crippen LogP contribution in [0, 0.1) is 13.8 Å². The van der Waals surface area contributed by atoms with Gasteiger partial charge in [0.25, 0.3) is 0 Å². The maximum absolute atomic E-state index is 12.6. The number of ether oxygens (including phenoxy) is 1. The molecule has 0 bridgehead atoms. The number of hydrogen-bond donors (Lipinski definition) is 1. The number of rotatable bonds is 5. The molecule has 2 heterocycles. The summed E-state index contributed by atoms with van der Waals surface area (Å²) in [4.78, 5) is 33.2. The van der Waals surface area contributed by atoms with Crippen LogP contribution in [0.5, 0.6) is 11.8 Å². The van der Waals surface area contributed by atoms with E-state index in [1.54, 1.807) is 50.2 Å². The van der Waals surface area contributed by atoms with Crippen molar-refractivity contribution in [3.8, 4) is 11.8 Å². The molecule has 0 aliphatic rings.